The molecule has 6 amide bonds. The molecule has 41 nitrogen and oxygen atoms in total. The Bertz CT molecular complexity index is 5280. The fourth-order valence-corrected chi connectivity index (χ4v) is 22.4. The Balaban J connectivity index is 0.000000293. The smallest absolute Gasteiger partial charge is 0.344 e. The molecule has 0 spiro atoms. The molecule has 0 radical (unpaired) electrons. The molecule has 9 heterocycles. The van der Waals surface area contributed by atoms with E-state index in [1.807, 2.05) is 13.1 Å². The van der Waals surface area contributed by atoms with Crippen LogP contribution in [-0.4, -0.2) is 282 Å². The molecular formula is C63H89N15O26S12. The Kier molecular flexibility index (Phi) is 39.0. The highest BCUT2D eigenvalue weighted by atomic mass is 32.3. The predicted octanol–water partition coefficient (Wildman–Crippen LogP) is 5.10. The molecule has 3 fully saturated rings. The molecule has 1 aromatic carbocycles. The Hall–Kier alpha value is -7.70. The number of likely N-dealkylation sites (N-methyl/N-ethyl adjacent to an activating group) is 2. The molecule has 9 N–H and O–H groups in total. The van der Waals surface area contributed by atoms with Gasteiger partial charge in [0.2, 0.25) is 30.1 Å². The highest BCUT2D eigenvalue weighted by Gasteiger charge is 2.36. The lowest BCUT2D eigenvalue weighted by Crippen LogP contribution is -2.47. The van der Waals surface area contributed by atoms with E-state index in [0.717, 1.165) is 119 Å². The summed E-state index contributed by atoms with van der Waals surface area (Å²) >= 11 is 5.17. The van der Waals surface area contributed by atoms with E-state index in [4.69, 9.17) is 20.4 Å². The van der Waals surface area contributed by atoms with Crippen LogP contribution in [0.4, 0.5) is 10.0 Å². The Morgan fingerprint density at radius 3 is 1.33 bits per heavy atom. The van der Waals surface area contributed by atoms with Crippen LogP contribution in [0.15, 0.2) is 110 Å². The van der Waals surface area contributed by atoms with Crippen molar-refractivity contribution in [1.29, 1.82) is 0 Å². The summed E-state index contributed by atoms with van der Waals surface area (Å²) in [6.07, 6.45) is 5.31. The van der Waals surface area contributed by atoms with Gasteiger partial charge in [-0.05, 0) is 103 Å². The molecule has 6 aromatic heterocycles. The van der Waals surface area contributed by atoms with E-state index in [1.54, 1.807) is 81.8 Å². The standard InChI is InChI=1S/C13H14N2O4S2.C11H17N3O3S2.2C10H13N3O6S2.C10H16N2O4S2.C8H12N2O3S2.CH4/c1-15(2)13(16)10-8-11(21(18,19)14-17)12(20-10)9-6-4-3-5-7-9;1-12-19(16,17)10-7-9(8-18-10)11(15)14-5-3-13(2)4-6-14;14-10(12-4-2-1-3-5-12)9-7(21(18,19)11-15)6-8(20-9)13(16)17;14-9(12-4-2-1-3-5-12)7-6-8(21(18,19)11-15)10(20-7)13(16)17;1-11-18(14,15)9-6-8(7-17-9)10(13)12(2)4-5-16-3;1-9-15(12,13)7-4-6(5-14-7)8(11)10(2)3;/h3-8,14,17H,1-2H3;7-8,12H,3-6H2,1-2H3;2*6,11,15H,1-5H2;6-7,11H,4-5H2,1-3H3;4-5,9H,1-3H3;1H4. The number of hydrogen-bond acceptors (Lipinski definition) is 33. The van der Waals surface area contributed by atoms with Crippen molar-refractivity contribution >= 4 is 174 Å². The second-order valence-electron chi connectivity index (χ2n) is 24.5. The molecule has 3 aliphatic rings. The third-order valence-electron chi connectivity index (χ3n) is 16.2. The predicted molar refractivity (Wildman–Crippen MR) is 434 cm³/mol. The second-order valence-corrected chi connectivity index (χ2v) is 41.6. The van der Waals surface area contributed by atoms with E-state index in [-0.39, 0.29) is 63.2 Å². The number of amides is 6. The lowest BCUT2D eigenvalue weighted by atomic mass is 10.1. The molecule has 3 saturated heterocycles. The number of benzene rings is 1. The summed E-state index contributed by atoms with van der Waals surface area (Å²) in [5, 5.41) is 51.3. The van der Waals surface area contributed by atoms with Gasteiger partial charge in [-0.1, -0.05) is 75.1 Å². The molecular weight excluding hydrogens is 1770 g/mol. The first-order valence-corrected chi connectivity index (χ1v) is 47.4. The monoisotopic (exact) mass is 1860 g/mol. The average molecular weight is 1860 g/mol. The number of likely N-dealkylation sites (tertiary alicyclic amines) is 2. The molecule has 0 unspecified atom stereocenters. The first kappa shape index (κ1) is 101. The van der Waals surface area contributed by atoms with Gasteiger partial charge < -0.3 is 54.7 Å². The molecule has 644 valence electrons. The SMILES string of the molecule is C.CN(C)C(=O)c1cc(S(=O)(=O)NO)c(-c2ccccc2)s1.CNS(=O)(=O)c1cc(C(=O)N(C)C)cs1.CNS(=O)(=O)c1cc(C(=O)N(C)CCOC)cs1.CNS(=O)(=O)c1cc(C(=O)N2CCN(C)CC2)cs1.O=C(c1cc(S(=O)(=O)NO)c([N+](=O)[O-])s1)N1CCCCC1.O=C(c1sc([N+](=O)[O-])cc1S(=O)(=O)NO)N1CCCCC1. The van der Waals surface area contributed by atoms with Crippen molar-refractivity contribution in [2.75, 3.05) is 136 Å². The zero-order valence-corrected chi connectivity index (χ0v) is 72.8. The van der Waals surface area contributed by atoms with Crippen molar-refractivity contribution in [2.45, 2.75) is 73.3 Å². The fraction of sp³-hybridized carbons (Fsp3) is 0.429. The fourth-order valence-electron chi connectivity index (χ4n) is 9.93. The van der Waals surface area contributed by atoms with Gasteiger partial charge in [-0.25, -0.2) is 64.7 Å². The minimum Gasteiger partial charge on any atom is -0.383 e. The van der Waals surface area contributed by atoms with Crippen LogP contribution in [0.2, 0.25) is 0 Å². The number of thiophene rings is 6. The van der Waals surface area contributed by atoms with Crippen molar-refractivity contribution in [1.82, 2.24) is 63.1 Å². The average Bonchev–Trinajstić information content (AvgIpc) is 1.64. The minimum absolute atomic E-state index is 0. The topological polar surface area (TPSA) is 558 Å². The second kappa shape index (κ2) is 44.9. The summed E-state index contributed by atoms with van der Waals surface area (Å²) in [6.45, 7) is 6.00. The van der Waals surface area contributed by atoms with Gasteiger partial charge in [-0.15, -0.1) is 45.3 Å². The van der Waals surface area contributed by atoms with E-state index < -0.39 is 102 Å². The van der Waals surface area contributed by atoms with Crippen molar-refractivity contribution in [2.24, 2.45) is 0 Å². The van der Waals surface area contributed by atoms with Crippen molar-refractivity contribution in [3.8, 4) is 10.4 Å². The van der Waals surface area contributed by atoms with Crippen LogP contribution >= 0.6 is 68.0 Å². The minimum atomic E-state index is -4.41. The number of rotatable bonds is 24. The van der Waals surface area contributed by atoms with Gasteiger partial charge in [0.15, 0.2) is 4.90 Å². The number of carbonyl (C=O) groups is 6. The summed E-state index contributed by atoms with van der Waals surface area (Å²) in [6, 6.07) is 16.0. The maximum atomic E-state index is 12.4. The van der Waals surface area contributed by atoms with Crippen LogP contribution in [0.1, 0.15) is 106 Å². The molecule has 0 bridgehead atoms. The van der Waals surface area contributed by atoms with Crippen molar-refractivity contribution < 1.29 is 109 Å². The van der Waals surface area contributed by atoms with Crippen LogP contribution in [0.3, 0.4) is 0 Å². The van der Waals surface area contributed by atoms with Crippen LogP contribution in [0.25, 0.3) is 10.4 Å². The lowest BCUT2D eigenvalue weighted by Gasteiger charge is -2.32. The molecule has 0 aliphatic carbocycles. The molecule has 116 heavy (non-hydrogen) atoms. The zero-order chi connectivity index (χ0) is 86.3. The van der Waals surface area contributed by atoms with Gasteiger partial charge in [-0.3, -0.25) is 49.0 Å². The van der Waals surface area contributed by atoms with E-state index in [1.165, 1.54) is 80.7 Å². The van der Waals surface area contributed by atoms with Gasteiger partial charge in [0.05, 0.1) is 42.9 Å². The largest absolute Gasteiger partial charge is 0.383 e. The first-order valence-electron chi connectivity index (χ1n) is 33.4. The summed E-state index contributed by atoms with van der Waals surface area (Å²) < 4.78 is 151. The highest BCUT2D eigenvalue weighted by molar-refractivity contribution is 7.92. The summed E-state index contributed by atoms with van der Waals surface area (Å²) in [5.41, 5.74) is 1.86. The number of nitrogens with zero attached hydrogens (tertiary/aromatic N) is 9. The number of piperazine rings is 1. The van der Waals surface area contributed by atoms with E-state index in [9.17, 15) is 99.5 Å². The molecule has 10 rings (SSSR count). The number of methoxy groups -OCH3 is 1. The van der Waals surface area contributed by atoms with E-state index >= 15 is 0 Å². The zero-order valence-electron chi connectivity index (χ0n) is 63.1. The lowest BCUT2D eigenvalue weighted by molar-refractivity contribution is -0.383. The van der Waals surface area contributed by atoms with Gasteiger partial charge in [-0.2, -0.15) is 0 Å². The van der Waals surface area contributed by atoms with Crippen LogP contribution in [0.5, 0.6) is 0 Å². The maximum Gasteiger partial charge on any atom is 0.344 e. The van der Waals surface area contributed by atoms with Crippen LogP contribution in [0, 0.1) is 20.2 Å². The quantitative estimate of drug-likeness (QED) is 0.0281. The maximum absolute atomic E-state index is 12.4. The normalized spacial score (nSPS) is 14.0. The highest BCUT2D eigenvalue weighted by Crippen LogP contribution is 2.38. The first-order chi connectivity index (χ1) is 53.8. The molecule has 0 saturated carbocycles. The summed E-state index contributed by atoms with van der Waals surface area (Å²) in [5.74, 6) is -1.81. The third-order valence-corrected chi connectivity index (χ3v) is 31.9. The number of ether oxygens (including phenoxy) is 1. The van der Waals surface area contributed by atoms with Gasteiger partial charge in [0, 0.05) is 123 Å². The van der Waals surface area contributed by atoms with Crippen LogP contribution in [-0.2, 0) is 64.9 Å². The Labute approximate surface area is 694 Å². The number of nitro groups is 2. The number of piperidine rings is 2. The molecule has 0 atom stereocenters. The number of hydrogen-bond donors (Lipinski definition) is 9. The Morgan fingerprint density at radius 2 is 0.897 bits per heavy atom. The molecule has 53 heteroatoms. The molecule has 3 aliphatic heterocycles. The summed E-state index contributed by atoms with van der Waals surface area (Å²) in [7, 11) is -7.57. The summed E-state index contributed by atoms with van der Waals surface area (Å²) in [4.78, 5) is 106. The third kappa shape index (κ3) is 27.4. The Morgan fingerprint density at radius 1 is 0.483 bits per heavy atom. The van der Waals surface area contributed by atoms with Crippen molar-refractivity contribution in [3.05, 3.63) is 134 Å². The van der Waals surface area contributed by atoms with E-state index in [2.05, 4.69) is 19.1 Å². The number of sulfonamides is 6. The number of nitrogens with one attached hydrogen (secondary N) is 6. The van der Waals surface area contributed by atoms with E-state index in [0.29, 0.717) is 102 Å². The van der Waals surface area contributed by atoms with Gasteiger partial charge in [0.25, 0.3) is 65.5 Å². The number of carbonyl (C=O) groups excluding carboxylic acids is 6. The van der Waals surface area contributed by atoms with Crippen LogP contribution < -0.4 is 28.8 Å². The van der Waals surface area contributed by atoms with Gasteiger partial charge >= 0.3 is 10.0 Å². The molecule has 7 aromatic rings. The van der Waals surface area contributed by atoms with Gasteiger partial charge in [0.1, 0.15) is 32.2 Å². The van der Waals surface area contributed by atoms with Crippen molar-refractivity contribution in [3.63, 3.8) is 0 Å².